The van der Waals surface area contributed by atoms with Gasteiger partial charge in [-0.25, -0.2) is 4.79 Å². The van der Waals surface area contributed by atoms with E-state index in [1.165, 1.54) is 6.92 Å². The van der Waals surface area contributed by atoms with E-state index in [1.807, 2.05) is 0 Å². The van der Waals surface area contributed by atoms with E-state index >= 15 is 0 Å². The average molecular weight is 308 g/mol. The number of hydrogen-bond donors (Lipinski definition) is 1. The molecule has 0 amide bonds. The van der Waals surface area contributed by atoms with E-state index in [4.69, 9.17) is 4.74 Å². The first-order valence-electron chi connectivity index (χ1n) is 6.10. The molecule has 0 aromatic rings. The third-order valence-electron chi connectivity index (χ3n) is 2.01. The minimum Gasteiger partial charge on any atom is -0.460 e. The van der Waals surface area contributed by atoms with Gasteiger partial charge in [-0.2, -0.15) is 0 Å². The molecule has 0 aliphatic carbocycles. The molecule has 0 rings (SSSR count). The van der Waals surface area contributed by atoms with E-state index in [-0.39, 0.29) is 6.61 Å². The summed E-state index contributed by atoms with van der Waals surface area (Å²) in [4.78, 5) is 44.5. The Morgan fingerprint density at radius 1 is 1.25 bits per heavy atom. The molecule has 0 aromatic carbocycles. The third kappa shape index (κ3) is 7.40. The number of carbonyl (C=O) groups is 3. The van der Waals surface area contributed by atoms with Gasteiger partial charge >= 0.3 is 11.9 Å². The second-order valence-corrected chi connectivity index (χ2v) is 7.87. The molecule has 20 heavy (non-hydrogen) atoms. The van der Waals surface area contributed by atoms with Gasteiger partial charge in [0.15, 0.2) is 7.37 Å². The van der Waals surface area contributed by atoms with Crippen LogP contribution < -0.4 is 0 Å². The van der Waals surface area contributed by atoms with Crippen LogP contribution in [0.15, 0.2) is 0 Å². The van der Waals surface area contributed by atoms with E-state index in [9.17, 15) is 23.8 Å². The second-order valence-electron chi connectivity index (χ2n) is 5.40. The van der Waals surface area contributed by atoms with Crippen molar-refractivity contribution in [1.29, 1.82) is 0 Å². The first-order valence-corrected chi connectivity index (χ1v) is 8.39. The Morgan fingerprint density at radius 2 is 1.75 bits per heavy atom. The van der Waals surface area contributed by atoms with Crippen molar-refractivity contribution in [2.75, 3.05) is 19.4 Å². The molecule has 2 unspecified atom stereocenters. The number of carbonyl (C=O) groups excluding carboxylic acids is 3. The van der Waals surface area contributed by atoms with Crippen molar-refractivity contribution in [3.05, 3.63) is 0 Å². The number of ether oxygens (including phenoxy) is 2. The van der Waals surface area contributed by atoms with Crippen molar-refractivity contribution in [2.45, 2.75) is 33.3 Å². The molecule has 0 saturated heterocycles. The quantitative estimate of drug-likeness (QED) is 0.337. The lowest BCUT2D eigenvalue weighted by atomic mass is 10.1. The zero-order chi connectivity index (χ0) is 16.1. The largest absolute Gasteiger partial charge is 0.460 e. The smallest absolute Gasteiger partial charge is 0.375 e. The Hall–Kier alpha value is -1.20. The fourth-order valence-corrected chi connectivity index (χ4v) is 2.31. The van der Waals surface area contributed by atoms with Crippen LogP contribution in [0.2, 0.25) is 0 Å². The second kappa shape index (κ2) is 6.99. The van der Waals surface area contributed by atoms with Crippen LogP contribution in [0.4, 0.5) is 0 Å². The molecular weight excluding hydrogens is 287 g/mol. The van der Waals surface area contributed by atoms with Gasteiger partial charge in [-0.1, -0.05) is 0 Å². The highest BCUT2D eigenvalue weighted by molar-refractivity contribution is 7.57. The summed E-state index contributed by atoms with van der Waals surface area (Å²) in [6.45, 7) is 7.23. The van der Waals surface area contributed by atoms with Crippen LogP contribution in [0.3, 0.4) is 0 Å². The van der Waals surface area contributed by atoms with E-state index in [0.717, 1.165) is 6.66 Å². The van der Waals surface area contributed by atoms with Crippen LogP contribution in [0, 0.1) is 5.92 Å². The molecule has 8 heteroatoms. The zero-order valence-corrected chi connectivity index (χ0v) is 13.2. The van der Waals surface area contributed by atoms with E-state index in [2.05, 4.69) is 4.74 Å². The molecule has 1 N–H and O–H groups in total. The monoisotopic (exact) mass is 308 g/mol. The molecule has 0 aromatic heterocycles. The summed E-state index contributed by atoms with van der Waals surface area (Å²) in [5.41, 5.74) is -0.878. The van der Waals surface area contributed by atoms with Crippen LogP contribution in [-0.4, -0.2) is 47.6 Å². The van der Waals surface area contributed by atoms with Crippen molar-refractivity contribution in [1.82, 2.24) is 0 Å². The molecule has 0 aliphatic rings. The lowest BCUT2D eigenvalue weighted by Crippen LogP contribution is -2.38. The maximum atomic E-state index is 11.9. The van der Waals surface area contributed by atoms with Gasteiger partial charge < -0.3 is 14.4 Å². The van der Waals surface area contributed by atoms with Crippen molar-refractivity contribution in [3.8, 4) is 0 Å². The highest BCUT2D eigenvalue weighted by atomic mass is 31.2. The number of esters is 2. The summed E-state index contributed by atoms with van der Waals surface area (Å²) in [5.74, 6) is -5.02. The zero-order valence-electron chi connectivity index (χ0n) is 12.3. The first kappa shape index (κ1) is 18.8. The van der Waals surface area contributed by atoms with E-state index < -0.39 is 42.8 Å². The van der Waals surface area contributed by atoms with Crippen molar-refractivity contribution in [3.63, 3.8) is 0 Å². The third-order valence-corrected chi connectivity index (χ3v) is 3.05. The van der Waals surface area contributed by atoms with Gasteiger partial charge in [0, 0.05) is 12.8 Å². The van der Waals surface area contributed by atoms with Gasteiger partial charge in [0.05, 0.1) is 6.61 Å². The summed E-state index contributed by atoms with van der Waals surface area (Å²) in [5, 5.41) is 0. The predicted molar refractivity (Wildman–Crippen MR) is 71.6 cm³/mol. The fourth-order valence-electron chi connectivity index (χ4n) is 1.32. The van der Waals surface area contributed by atoms with Crippen molar-refractivity contribution >= 4 is 25.1 Å². The predicted octanol–water partition coefficient (Wildman–Crippen LogP) is 0.977. The number of ketones is 1. The molecule has 0 saturated carbocycles. The van der Waals surface area contributed by atoms with Gasteiger partial charge in [0.1, 0.15) is 11.5 Å². The average Bonchev–Trinajstić information content (AvgIpc) is 2.21. The van der Waals surface area contributed by atoms with Gasteiger partial charge in [-0.15, -0.1) is 0 Å². The topological polar surface area (TPSA) is 107 Å². The van der Waals surface area contributed by atoms with Crippen molar-refractivity contribution < 1.29 is 33.3 Å². The molecule has 0 bridgehead atoms. The molecule has 2 atom stereocenters. The minimum atomic E-state index is -3.68. The van der Waals surface area contributed by atoms with Crippen LogP contribution >= 0.6 is 7.37 Å². The van der Waals surface area contributed by atoms with E-state index in [0.29, 0.717) is 0 Å². The molecule has 0 spiro atoms. The number of Topliss-reactive ketones (excluding diaryl/α,β-unsaturated/α-hetero) is 1. The number of rotatable bonds is 6. The summed E-state index contributed by atoms with van der Waals surface area (Å²) in [7, 11) is -3.68. The van der Waals surface area contributed by atoms with Crippen LogP contribution in [0.5, 0.6) is 0 Å². The Bertz CT molecular complexity index is 430. The van der Waals surface area contributed by atoms with Gasteiger partial charge in [-0.3, -0.25) is 14.2 Å². The van der Waals surface area contributed by atoms with Crippen molar-refractivity contribution in [2.24, 2.45) is 5.92 Å². The molecule has 116 valence electrons. The van der Waals surface area contributed by atoms with Gasteiger partial charge in [0.2, 0.25) is 0 Å². The molecular formula is C12H21O7P. The highest BCUT2D eigenvalue weighted by Gasteiger charge is 2.39. The Balaban J connectivity index is 5.18. The summed E-state index contributed by atoms with van der Waals surface area (Å²) in [6.07, 6.45) is -0.653. The Labute approximate surface area is 118 Å². The highest BCUT2D eigenvalue weighted by Crippen LogP contribution is 2.38. The Kier molecular flexibility index (Phi) is 6.58. The maximum absolute atomic E-state index is 11.9. The van der Waals surface area contributed by atoms with Gasteiger partial charge in [-0.05, 0) is 27.7 Å². The minimum absolute atomic E-state index is 0.0332. The summed E-state index contributed by atoms with van der Waals surface area (Å²) in [6, 6.07) is 0. The lowest BCUT2D eigenvalue weighted by Gasteiger charge is -2.23. The Morgan fingerprint density at radius 3 is 2.10 bits per heavy atom. The van der Waals surface area contributed by atoms with E-state index in [1.54, 1.807) is 20.8 Å². The fraction of sp³-hybridized carbons (Fsp3) is 0.750. The molecule has 0 aliphatic heterocycles. The molecule has 0 fully saturated rings. The molecule has 0 radical (unpaired) electrons. The van der Waals surface area contributed by atoms with Crippen LogP contribution in [-0.2, 0) is 28.4 Å². The normalized spacial score (nSPS) is 15.9. The lowest BCUT2D eigenvalue weighted by molar-refractivity contribution is -0.166. The molecule has 7 nitrogen and oxygen atoms in total. The SMILES string of the molecule is CCOC(=O)C(=O)C(CP(C)(=O)O)C(=O)OC(C)(C)C. The van der Waals surface area contributed by atoms with Gasteiger partial charge in [0.25, 0.3) is 5.78 Å². The summed E-state index contributed by atoms with van der Waals surface area (Å²) < 4.78 is 20.9. The van der Waals surface area contributed by atoms with Crippen LogP contribution in [0.25, 0.3) is 0 Å². The maximum Gasteiger partial charge on any atom is 0.375 e. The molecule has 0 heterocycles. The van der Waals surface area contributed by atoms with Crippen LogP contribution in [0.1, 0.15) is 27.7 Å². The number of hydrogen-bond acceptors (Lipinski definition) is 6. The summed E-state index contributed by atoms with van der Waals surface area (Å²) >= 11 is 0. The first-order chi connectivity index (χ1) is 8.87. The standard InChI is InChI=1S/C12H21O7P/c1-6-18-11(15)9(13)8(7-20(5,16)17)10(14)19-12(2,3)4/h8H,6-7H2,1-5H3,(H,16,17).